The number of hydrogen-bond donors (Lipinski definition) is 1. The summed E-state index contributed by atoms with van der Waals surface area (Å²) in [6.45, 7) is 3.79. The highest BCUT2D eigenvalue weighted by atomic mass is 16.3. The summed E-state index contributed by atoms with van der Waals surface area (Å²) in [6.07, 6.45) is 1.58. The first-order valence-electron chi connectivity index (χ1n) is 6.85. The Kier molecular flexibility index (Phi) is 3.44. The number of para-hydroxylation sites is 1. The summed E-state index contributed by atoms with van der Waals surface area (Å²) in [5.41, 5.74) is 2.26. The molecule has 1 N–H and O–H groups in total. The predicted molar refractivity (Wildman–Crippen MR) is 81.1 cm³/mol. The van der Waals surface area contributed by atoms with Gasteiger partial charge in [-0.3, -0.25) is 9.78 Å². The van der Waals surface area contributed by atoms with E-state index in [4.69, 9.17) is 4.42 Å². The van der Waals surface area contributed by atoms with Crippen LogP contribution < -0.4 is 5.32 Å². The molecule has 21 heavy (non-hydrogen) atoms. The van der Waals surface area contributed by atoms with Crippen molar-refractivity contribution >= 4 is 16.9 Å². The zero-order valence-electron chi connectivity index (χ0n) is 12.0. The number of pyridine rings is 1. The van der Waals surface area contributed by atoms with Gasteiger partial charge in [-0.25, -0.2) is 0 Å². The van der Waals surface area contributed by atoms with Crippen LogP contribution in [0.25, 0.3) is 11.0 Å². The molecule has 0 spiro atoms. The monoisotopic (exact) mass is 280 g/mol. The topological polar surface area (TPSA) is 55.1 Å². The zero-order valence-corrected chi connectivity index (χ0v) is 12.0. The summed E-state index contributed by atoms with van der Waals surface area (Å²) in [5, 5.41) is 3.95. The molecule has 0 saturated heterocycles. The van der Waals surface area contributed by atoms with Crippen molar-refractivity contribution in [1.82, 2.24) is 10.3 Å². The SMILES string of the molecule is Cc1ccc(C(=O)NC(C)c2cc3ccccc3o2)cn1. The lowest BCUT2D eigenvalue weighted by atomic mass is 10.2. The molecule has 0 bridgehead atoms. The normalized spacial score (nSPS) is 12.3. The number of furan rings is 1. The predicted octanol–water partition coefficient (Wildman–Crippen LogP) is 3.63. The largest absolute Gasteiger partial charge is 0.459 e. The summed E-state index contributed by atoms with van der Waals surface area (Å²) < 4.78 is 5.76. The quantitative estimate of drug-likeness (QED) is 0.797. The summed E-state index contributed by atoms with van der Waals surface area (Å²) in [5.74, 6) is 0.583. The third-order valence-corrected chi connectivity index (χ3v) is 3.39. The molecule has 4 nitrogen and oxygen atoms in total. The Hall–Kier alpha value is -2.62. The Balaban J connectivity index is 1.77. The van der Waals surface area contributed by atoms with Gasteiger partial charge in [0.2, 0.25) is 0 Å². The Morgan fingerprint density at radius 3 is 2.76 bits per heavy atom. The van der Waals surface area contributed by atoms with Crippen molar-refractivity contribution in [3.8, 4) is 0 Å². The summed E-state index contributed by atoms with van der Waals surface area (Å²) >= 11 is 0. The highest BCUT2D eigenvalue weighted by Crippen LogP contribution is 2.23. The highest BCUT2D eigenvalue weighted by Gasteiger charge is 2.15. The van der Waals surface area contributed by atoms with Crippen molar-refractivity contribution in [2.24, 2.45) is 0 Å². The van der Waals surface area contributed by atoms with E-state index in [0.29, 0.717) is 5.56 Å². The van der Waals surface area contributed by atoms with Crippen LogP contribution in [0, 0.1) is 6.92 Å². The molecule has 0 aliphatic heterocycles. The number of nitrogens with one attached hydrogen (secondary N) is 1. The number of amides is 1. The van der Waals surface area contributed by atoms with Gasteiger partial charge in [0.1, 0.15) is 11.3 Å². The van der Waals surface area contributed by atoms with E-state index in [1.54, 1.807) is 12.3 Å². The summed E-state index contributed by atoms with van der Waals surface area (Å²) in [6, 6.07) is 13.1. The van der Waals surface area contributed by atoms with Crippen LogP contribution >= 0.6 is 0 Å². The van der Waals surface area contributed by atoms with Crippen LogP contribution in [0.2, 0.25) is 0 Å². The van der Waals surface area contributed by atoms with Crippen molar-refractivity contribution in [3.05, 3.63) is 65.7 Å². The molecule has 3 rings (SSSR count). The maximum atomic E-state index is 12.2. The summed E-state index contributed by atoms with van der Waals surface area (Å²) in [4.78, 5) is 16.3. The van der Waals surface area contributed by atoms with Gasteiger partial charge in [-0.05, 0) is 38.1 Å². The molecule has 1 aromatic carbocycles. The van der Waals surface area contributed by atoms with E-state index in [0.717, 1.165) is 22.4 Å². The van der Waals surface area contributed by atoms with Gasteiger partial charge in [-0.2, -0.15) is 0 Å². The first kappa shape index (κ1) is 13.4. The molecule has 0 saturated carbocycles. The van der Waals surface area contributed by atoms with Gasteiger partial charge >= 0.3 is 0 Å². The Morgan fingerprint density at radius 1 is 1.24 bits per heavy atom. The Morgan fingerprint density at radius 2 is 2.05 bits per heavy atom. The first-order chi connectivity index (χ1) is 10.1. The molecule has 1 amide bonds. The lowest BCUT2D eigenvalue weighted by Crippen LogP contribution is -2.26. The molecule has 0 fully saturated rings. The van der Waals surface area contributed by atoms with Gasteiger partial charge in [0, 0.05) is 17.3 Å². The number of aryl methyl sites for hydroxylation is 1. The van der Waals surface area contributed by atoms with Crippen LogP contribution in [-0.4, -0.2) is 10.9 Å². The number of carbonyl (C=O) groups is 1. The van der Waals surface area contributed by atoms with Crippen molar-refractivity contribution in [2.45, 2.75) is 19.9 Å². The van der Waals surface area contributed by atoms with E-state index in [1.807, 2.05) is 50.2 Å². The van der Waals surface area contributed by atoms with E-state index >= 15 is 0 Å². The smallest absolute Gasteiger partial charge is 0.253 e. The molecule has 3 aromatic rings. The molecular formula is C17H16N2O2. The molecule has 0 radical (unpaired) electrons. The van der Waals surface area contributed by atoms with Crippen molar-refractivity contribution in [1.29, 1.82) is 0 Å². The highest BCUT2D eigenvalue weighted by molar-refractivity contribution is 5.94. The molecule has 1 unspecified atom stereocenters. The van der Waals surface area contributed by atoms with Gasteiger partial charge in [-0.15, -0.1) is 0 Å². The lowest BCUT2D eigenvalue weighted by molar-refractivity contribution is 0.0935. The third kappa shape index (κ3) is 2.79. The van der Waals surface area contributed by atoms with Gasteiger partial charge in [0.05, 0.1) is 11.6 Å². The van der Waals surface area contributed by atoms with Crippen LogP contribution in [0.3, 0.4) is 0 Å². The van der Waals surface area contributed by atoms with Crippen LogP contribution in [0.15, 0.2) is 53.1 Å². The van der Waals surface area contributed by atoms with Crippen LogP contribution in [0.4, 0.5) is 0 Å². The Bertz CT molecular complexity index is 742. The standard InChI is InChI=1S/C17H16N2O2/c1-11-7-8-14(10-18-11)17(20)19-12(2)16-9-13-5-3-4-6-15(13)21-16/h3-10,12H,1-2H3,(H,19,20). The number of fused-ring (bicyclic) bond motifs is 1. The van der Waals surface area contributed by atoms with E-state index < -0.39 is 0 Å². The molecule has 106 valence electrons. The van der Waals surface area contributed by atoms with Crippen molar-refractivity contribution < 1.29 is 9.21 Å². The van der Waals surface area contributed by atoms with E-state index in [9.17, 15) is 4.79 Å². The Labute approximate surface area is 122 Å². The maximum Gasteiger partial charge on any atom is 0.253 e. The molecule has 0 aliphatic rings. The number of hydrogen-bond acceptors (Lipinski definition) is 3. The number of carbonyl (C=O) groups excluding carboxylic acids is 1. The second-order valence-corrected chi connectivity index (χ2v) is 5.07. The minimum absolute atomic E-state index is 0.157. The second-order valence-electron chi connectivity index (χ2n) is 5.07. The van der Waals surface area contributed by atoms with Gasteiger partial charge < -0.3 is 9.73 Å². The van der Waals surface area contributed by atoms with E-state index in [-0.39, 0.29) is 11.9 Å². The molecule has 1 atom stereocenters. The van der Waals surface area contributed by atoms with Gasteiger partial charge in [0.15, 0.2) is 0 Å². The minimum atomic E-state index is -0.203. The fourth-order valence-electron chi connectivity index (χ4n) is 2.17. The second kappa shape index (κ2) is 5.40. The summed E-state index contributed by atoms with van der Waals surface area (Å²) in [7, 11) is 0. The lowest BCUT2D eigenvalue weighted by Gasteiger charge is -2.11. The molecule has 4 heteroatoms. The average Bonchev–Trinajstić information content (AvgIpc) is 2.92. The maximum absolute atomic E-state index is 12.2. The molecule has 0 aliphatic carbocycles. The fraction of sp³-hybridized carbons (Fsp3) is 0.176. The number of aromatic nitrogens is 1. The number of rotatable bonds is 3. The van der Waals surface area contributed by atoms with Crippen molar-refractivity contribution in [2.75, 3.05) is 0 Å². The fourth-order valence-corrected chi connectivity index (χ4v) is 2.17. The molecular weight excluding hydrogens is 264 g/mol. The average molecular weight is 280 g/mol. The van der Waals surface area contributed by atoms with E-state index in [1.165, 1.54) is 0 Å². The zero-order chi connectivity index (χ0) is 14.8. The van der Waals surface area contributed by atoms with Gasteiger partial charge in [-0.1, -0.05) is 18.2 Å². The third-order valence-electron chi connectivity index (χ3n) is 3.39. The molecule has 2 heterocycles. The molecule has 2 aromatic heterocycles. The van der Waals surface area contributed by atoms with E-state index in [2.05, 4.69) is 10.3 Å². The minimum Gasteiger partial charge on any atom is -0.459 e. The number of benzene rings is 1. The van der Waals surface area contributed by atoms with Crippen LogP contribution in [0.5, 0.6) is 0 Å². The van der Waals surface area contributed by atoms with Crippen LogP contribution in [-0.2, 0) is 0 Å². The van der Waals surface area contributed by atoms with Crippen LogP contribution in [0.1, 0.15) is 34.8 Å². The first-order valence-corrected chi connectivity index (χ1v) is 6.85. The van der Waals surface area contributed by atoms with Crippen molar-refractivity contribution in [3.63, 3.8) is 0 Å². The van der Waals surface area contributed by atoms with Gasteiger partial charge in [0.25, 0.3) is 5.91 Å². The number of nitrogens with zero attached hydrogens (tertiary/aromatic N) is 1.